The highest BCUT2D eigenvalue weighted by molar-refractivity contribution is 5.92. The van der Waals surface area contributed by atoms with Crippen LogP contribution < -0.4 is 5.32 Å². The van der Waals surface area contributed by atoms with E-state index in [4.69, 9.17) is 0 Å². The minimum Gasteiger partial charge on any atom is -0.396 e. The highest BCUT2D eigenvalue weighted by atomic mass is 19.1. The van der Waals surface area contributed by atoms with Gasteiger partial charge in [-0.05, 0) is 43.5 Å². The van der Waals surface area contributed by atoms with Gasteiger partial charge >= 0.3 is 0 Å². The molecule has 2 atom stereocenters. The van der Waals surface area contributed by atoms with Gasteiger partial charge in [-0.1, -0.05) is 42.5 Å². The van der Waals surface area contributed by atoms with Crippen molar-refractivity contribution < 1.29 is 14.3 Å². The molecule has 1 aliphatic carbocycles. The van der Waals surface area contributed by atoms with Crippen molar-refractivity contribution in [3.8, 4) is 0 Å². The van der Waals surface area contributed by atoms with Gasteiger partial charge in [-0.25, -0.2) is 4.39 Å². The Kier molecular flexibility index (Phi) is 4.18. The van der Waals surface area contributed by atoms with Crippen LogP contribution in [0.3, 0.4) is 0 Å². The number of aliphatic hydroxyl groups is 1. The van der Waals surface area contributed by atoms with Crippen LogP contribution in [-0.2, 0) is 15.7 Å². The summed E-state index contributed by atoms with van der Waals surface area (Å²) in [4.78, 5) is 13.1. The fourth-order valence-corrected chi connectivity index (χ4v) is 3.38. The first kappa shape index (κ1) is 16.7. The molecule has 1 fully saturated rings. The quantitative estimate of drug-likeness (QED) is 0.886. The third kappa shape index (κ3) is 2.82. The molecule has 0 heterocycles. The summed E-state index contributed by atoms with van der Waals surface area (Å²) < 4.78 is 13.2. The zero-order chi connectivity index (χ0) is 17.4. The van der Waals surface area contributed by atoms with Gasteiger partial charge in [0.1, 0.15) is 5.82 Å². The molecule has 24 heavy (non-hydrogen) atoms. The minimum atomic E-state index is -0.769. The lowest BCUT2D eigenvalue weighted by atomic mass is 9.88. The summed E-state index contributed by atoms with van der Waals surface area (Å²) in [7, 11) is 0. The smallest absolute Gasteiger partial charge is 0.231 e. The minimum absolute atomic E-state index is 0.0590. The maximum Gasteiger partial charge on any atom is 0.231 e. The van der Waals surface area contributed by atoms with Gasteiger partial charge in [0.2, 0.25) is 5.91 Å². The van der Waals surface area contributed by atoms with E-state index in [-0.39, 0.29) is 24.2 Å². The van der Waals surface area contributed by atoms with E-state index < -0.39 is 11.0 Å². The Morgan fingerprint density at radius 2 is 1.83 bits per heavy atom. The molecule has 126 valence electrons. The summed E-state index contributed by atoms with van der Waals surface area (Å²) in [5.41, 5.74) is 0.459. The van der Waals surface area contributed by atoms with Crippen molar-refractivity contribution >= 4 is 5.91 Å². The van der Waals surface area contributed by atoms with Gasteiger partial charge in [-0.2, -0.15) is 0 Å². The first-order valence-electron chi connectivity index (χ1n) is 8.15. The number of amides is 1. The summed E-state index contributed by atoms with van der Waals surface area (Å²) in [5.74, 6) is -0.586. The molecule has 2 aromatic carbocycles. The summed E-state index contributed by atoms with van der Waals surface area (Å²) in [6.45, 7) is 3.85. The molecule has 0 spiro atoms. The summed E-state index contributed by atoms with van der Waals surface area (Å²) in [5, 5.41) is 12.7. The lowest BCUT2D eigenvalue weighted by Crippen LogP contribution is -2.47. The Bertz CT molecular complexity index is 727. The SMILES string of the molecule is CC(C)(NC(=O)[C@@]1(c2ccc(F)cc2)C[C@H]1CO)c1ccccc1. The topological polar surface area (TPSA) is 49.3 Å². The lowest BCUT2D eigenvalue weighted by molar-refractivity contribution is -0.125. The fourth-order valence-electron chi connectivity index (χ4n) is 3.38. The highest BCUT2D eigenvalue weighted by Crippen LogP contribution is 2.54. The normalized spacial score (nSPS) is 22.9. The number of carbonyl (C=O) groups excluding carboxylic acids is 1. The van der Waals surface area contributed by atoms with Crippen LogP contribution in [-0.4, -0.2) is 17.6 Å². The van der Waals surface area contributed by atoms with E-state index in [1.165, 1.54) is 12.1 Å². The van der Waals surface area contributed by atoms with Gasteiger partial charge in [0.15, 0.2) is 0 Å². The van der Waals surface area contributed by atoms with Crippen molar-refractivity contribution in [2.45, 2.75) is 31.2 Å². The van der Waals surface area contributed by atoms with E-state index in [1.54, 1.807) is 12.1 Å². The molecule has 0 unspecified atom stereocenters. The molecule has 0 saturated heterocycles. The Morgan fingerprint density at radius 3 is 2.38 bits per heavy atom. The summed E-state index contributed by atoms with van der Waals surface area (Å²) >= 11 is 0. The first-order valence-corrected chi connectivity index (χ1v) is 8.15. The van der Waals surface area contributed by atoms with Crippen molar-refractivity contribution in [2.24, 2.45) is 5.92 Å². The number of carbonyl (C=O) groups is 1. The van der Waals surface area contributed by atoms with E-state index in [0.29, 0.717) is 6.42 Å². The molecule has 1 amide bonds. The Balaban J connectivity index is 1.88. The van der Waals surface area contributed by atoms with Crippen molar-refractivity contribution in [3.05, 3.63) is 71.5 Å². The van der Waals surface area contributed by atoms with Crippen LogP contribution in [0.15, 0.2) is 54.6 Å². The second-order valence-corrected chi connectivity index (χ2v) is 7.01. The van der Waals surface area contributed by atoms with Crippen LogP contribution in [0.25, 0.3) is 0 Å². The molecule has 0 radical (unpaired) electrons. The van der Waals surface area contributed by atoms with Gasteiger partial charge in [0.25, 0.3) is 0 Å². The molecular weight excluding hydrogens is 305 g/mol. The van der Waals surface area contributed by atoms with Gasteiger partial charge in [-0.3, -0.25) is 4.79 Å². The predicted molar refractivity (Wildman–Crippen MR) is 90.9 cm³/mol. The van der Waals surface area contributed by atoms with Gasteiger partial charge in [-0.15, -0.1) is 0 Å². The second-order valence-electron chi connectivity index (χ2n) is 7.01. The van der Waals surface area contributed by atoms with Crippen molar-refractivity contribution in [2.75, 3.05) is 6.61 Å². The maximum absolute atomic E-state index is 13.2. The second kappa shape index (κ2) is 6.02. The van der Waals surface area contributed by atoms with Crippen molar-refractivity contribution in [3.63, 3.8) is 0 Å². The molecular formula is C20H22FNO2. The zero-order valence-electron chi connectivity index (χ0n) is 13.9. The first-order chi connectivity index (χ1) is 11.4. The van der Waals surface area contributed by atoms with Crippen LogP contribution in [0.1, 0.15) is 31.4 Å². The van der Waals surface area contributed by atoms with Crippen molar-refractivity contribution in [1.29, 1.82) is 0 Å². The molecule has 0 aromatic heterocycles. The molecule has 0 aliphatic heterocycles. The Labute approximate surface area is 141 Å². The van der Waals surface area contributed by atoms with E-state index in [0.717, 1.165) is 11.1 Å². The number of aliphatic hydroxyl groups excluding tert-OH is 1. The van der Waals surface area contributed by atoms with E-state index in [1.807, 2.05) is 44.2 Å². The van der Waals surface area contributed by atoms with Gasteiger partial charge in [0, 0.05) is 12.5 Å². The largest absolute Gasteiger partial charge is 0.396 e. The number of benzene rings is 2. The standard InChI is InChI=1S/C20H22FNO2/c1-19(2,14-6-4-3-5-7-14)22-18(24)20(12-16(20)13-23)15-8-10-17(21)11-9-15/h3-11,16,23H,12-13H2,1-2H3,(H,22,24)/t16-,20+/m0/s1. The molecule has 2 aromatic rings. The van der Waals surface area contributed by atoms with Crippen LogP contribution >= 0.6 is 0 Å². The van der Waals surface area contributed by atoms with E-state index in [9.17, 15) is 14.3 Å². The number of nitrogens with one attached hydrogen (secondary N) is 1. The van der Waals surface area contributed by atoms with E-state index >= 15 is 0 Å². The Hall–Kier alpha value is -2.20. The molecule has 2 N–H and O–H groups in total. The number of halogens is 1. The van der Waals surface area contributed by atoms with Crippen LogP contribution in [0, 0.1) is 11.7 Å². The fraction of sp³-hybridized carbons (Fsp3) is 0.350. The number of hydrogen-bond donors (Lipinski definition) is 2. The summed E-state index contributed by atoms with van der Waals surface area (Å²) in [6.07, 6.45) is 0.575. The van der Waals surface area contributed by atoms with Crippen molar-refractivity contribution in [1.82, 2.24) is 5.32 Å². The molecule has 1 aliphatic rings. The number of rotatable bonds is 5. The van der Waals surface area contributed by atoms with Crippen LogP contribution in [0.4, 0.5) is 4.39 Å². The third-order valence-corrected chi connectivity index (χ3v) is 5.01. The highest BCUT2D eigenvalue weighted by Gasteiger charge is 2.61. The predicted octanol–water partition coefficient (Wildman–Crippen LogP) is 3.13. The summed E-state index contributed by atoms with van der Waals surface area (Å²) in [6, 6.07) is 15.8. The number of hydrogen-bond acceptors (Lipinski definition) is 2. The van der Waals surface area contributed by atoms with E-state index in [2.05, 4.69) is 5.32 Å². The van der Waals surface area contributed by atoms with Crippen LogP contribution in [0.2, 0.25) is 0 Å². The lowest BCUT2D eigenvalue weighted by Gasteiger charge is -2.30. The molecule has 3 rings (SSSR count). The van der Waals surface area contributed by atoms with Crippen LogP contribution in [0.5, 0.6) is 0 Å². The molecule has 4 heteroatoms. The Morgan fingerprint density at radius 1 is 1.21 bits per heavy atom. The molecule has 1 saturated carbocycles. The van der Waals surface area contributed by atoms with Gasteiger partial charge in [0.05, 0.1) is 11.0 Å². The molecule has 3 nitrogen and oxygen atoms in total. The third-order valence-electron chi connectivity index (χ3n) is 5.01. The monoisotopic (exact) mass is 327 g/mol. The maximum atomic E-state index is 13.2. The average Bonchev–Trinajstić information content (AvgIpc) is 3.32. The van der Waals surface area contributed by atoms with Gasteiger partial charge < -0.3 is 10.4 Å². The zero-order valence-corrected chi connectivity index (χ0v) is 13.9. The average molecular weight is 327 g/mol. The molecule has 0 bridgehead atoms.